The van der Waals surface area contributed by atoms with Crippen LogP contribution in [-0.4, -0.2) is 48.3 Å². The van der Waals surface area contributed by atoms with Crippen LogP contribution < -0.4 is 4.90 Å². The van der Waals surface area contributed by atoms with E-state index in [1.165, 1.54) is 4.90 Å². The first kappa shape index (κ1) is 28.1. The van der Waals surface area contributed by atoms with Gasteiger partial charge in [-0.1, -0.05) is 24.3 Å². The van der Waals surface area contributed by atoms with Crippen molar-refractivity contribution >= 4 is 29.2 Å². The number of aromatic nitrogens is 1. The van der Waals surface area contributed by atoms with E-state index in [-0.39, 0.29) is 23.8 Å². The predicted molar refractivity (Wildman–Crippen MR) is 162 cm³/mol. The van der Waals surface area contributed by atoms with Gasteiger partial charge in [-0.25, -0.2) is 0 Å². The fourth-order valence-electron chi connectivity index (χ4n) is 7.00. The number of para-hydroxylation sites is 1. The Balaban J connectivity index is 1.29. The minimum atomic E-state index is -0.424. The van der Waals surface area contributed by atoms with Crippen LogP contribution in [0.5, 0.6) is 5.75 Å². The Morgan fingerprint density at radius 1 is 1.05 bits per heavy atom. The molecule has 1 N–H and O–H groups in total. The van der Waals surface area contributed by atoms with E-state index in [4.69, 9.17) is 9.47 Å². The highest BCUT2D eigenvalue weighted by Gasteiger charge is 2.57. The van der Waals surface area contributed by atoms with Gasteiger partial charge in [0, 0.05) is 19.2 Å². The van der Waals surface area contributed by atoms with Gasteiger partial charge < -0.3 is 14.6 Å². The van der Waals surface area contributed by atoms with Crippen molar-refractivity contribution in [1.29, 1.82) is 0 Å². The topological polar surface area (TPSA) is 89.0 Å². The molecule has 0 saturated carbocycles. The quantitative estimate of drug-likeness (QED) is 0.271. The fourth-order valence-corrected chi connectivity index (χ4v) is 7.00. The largest absolute Gasteiger partial charge is 0.507 e. The van der Waals surface area contributed by atoms with Crippen molar-refractivity contribution in [2.75, 3.05) is 25.2 Å². The molecule has 2 aliphatic heterocycles. The number of phenolic OH excluding ortho intramolecular Hbond substituents is 1. The molecular formula is C35H36N2O5. The highest BCUT2D eigenvalue weighted by atomic mass is 16.5. The zero-order valence-corrected chi connectivity index (χ0v) is 24.2. The molecule has 1 aliphatic carbocycles. The van der Waals surface area contributed by atoms with E-state index >= 15 is 0 Å². The molecule has 3 aromatic rings. The summed E-state index contributed by atoms with van der Waals surface area (Å²) in [5.41, 5.74) is 7.45. The number of hydrogen-bond acceptors (Lipinski definition) is 6. The van der Waals surface area contributed by atoms with Crippen LogP contribution in [0.2, 0.25) is 0 Å². The molecule has 7 nitrogen and oxygen atoms in total. The van der Waals surface area contributed by atoms with Gasteiger partial charge in [-0.3, -0.25) is 19.5 Å². The van der Waals surface area contributed by atoms with Gasteiger partial charge in [0.2, 0.25) is 11.8 Å². The van der Waals surface area contributed by atoms with Crippen LogP contribution in [0.15, 0.2) is 78.0 Å². The number of imide groups is 1. The van der Waals surface area contributed by atoms with Crippen molar-refractivity contribution in [2.45, 2.75) is 39.2 Å². The zero-order chi connectivity index (χ0) is 29.4. The number of allylic oxidation sites excluding steroid dienone is 1. The molecule has 2 fully saturated rings. The molecule has 0 bridgehead atoms. The van der Waals surface area contributed by atoms with Gasteiger partial charge in [-0.2, -0.15) is 0 Å². The first-order valence-corrected chi connectivity index (χ1v) is 14.5. The molecule has 2 amide bonds. The maximum atomic E-state index is 13.8. The van der Waals surface area contributed by atoms with Crippen LogP contribution in [-0.2, 0) is 19.1 Å². The number of pyridine rings is 1. The smallest absolute Gasteiger partial charge is 0.238 e. The molecule has 3 aliphatic rings. The lowest BCUT2D eigenvalue weighted by Gasteiger charge is -2.31. The number of benzene rings is 2. The van der Waals surface area contributed by atoms with Gasteiger partial charge in [0.25, 0.3) is 0 Å². The Bertz CT molecular complexity index is 1540. The Morgan fingerprint density at radius 2 is 1.79 bits per heavy atom. The summed E-state index contributed by atoms with van der Waals surface area (Å²) in [6, 6.07) is 19.1. The molecule has 0 unspecified atom stereocenters. The molecule has 4 atom stereocenters. The summed E-state index contributed by atoms with van der Waals surface area (Å²) in [6.45, 7) is 4.63. The van der Waals surface area contributed by atoms with Crippen LogP contribution >= 0.6 is 0 Å². The lowest BCUT2D eigenvalue weighted by molar-refractivity contribution is -0.122. The number of aryl methyl sites for hydroxylation is 2. The van der Waals surface area contributed by atoms with Gasteiger partial charge in [0.05, 0.1) is 42.5 Å². The molecule has 7 heteroatoms. The van der Waals surface area contributed by atoms with Gasteiger partial charge in [-0.15, -0.1) is 0 Å². The van der Waals surface area contributed by atoms with Crippen LogP contribution in [0.25, 0.3) is 11.6 Å². The number of methoxy groups -OCH3 is 1. The third-order valence-electron chi connectivity index (χ3n) is 8.86. The fraction of sp³-hybridized carbons (Fsp3) is 0.343. The maximum Gasteiger partial charge on any atom is 0.238 e. The second-order valence-corrected chi connectivity index (χ2v) is 11.5. The molecule has 6 rings (SSSR count). The molecule has 0 radical (unpaired) electrons. The Labute approximate surface area is 246 Å². The Morgan fingerprint density at radius 3 is 2.48 bits per heavy atom. The molecule has 0 spiro atoms. The third-order valence-corrected chi connectivity index (χ3v) is 8.86. The van der Waals surface area contributed by atoms with Gasteiger partial charge >= 0.3 is 0 Å². The van der Waals surface area contributed by atoms with Gasteiger partial charge in [0.1, 0.15) is 5.75 Å². The number of carbonyl (C=O) groups is 2. The Hall–Kier alpha value is -4.07. The van der Waals surface area contributed by atoms with E-state index < -0.39 is 11.8 Å². The Kier molecular flexibility index (Phi) is 7.80. The minimum Gasteiger partial charge on any atom is -0.507 e. The molecule has 3 heterocycles. The van der Waals surface area contributed by atoms with E-state index in [1.54, 1.807) is 13.3 Å². The van der Waals surface area contributed by atoms with E-state index in [0.29, 0.717) is 43.9 Å². The highest BCUT2D eigenvalue weighted by Crippen LogP contribution is 2.50. The van der Waals surface area contributed by atoms with Gasteiger partial charge in [-0.05, 0) is 109 Å². The molecular weight excluding hydrogens is 528 g/mol. The summed E-state index contributed by atoms with van der Waals surface area (Å²) in [7, 11) is 1.67. The summed E-state index contributed by atoms with van der Waals surface area (Å²) in [4.78, 5) is 33.3. The third kappa shape index (κ3) is 5.08. The van der Waals surface area contributed by atoms with Crippen LogP contribution in [0, 0.1) is 31.6 Å². The van der Waals surface area contributed by atoms with Crippen molar-refractivity contribution in [3.05, 3.63) is 100 Å². The second kappa shape index (κ2) is 11.7. The first-order chi connectivity index (χ1) is 20.4. The van der Waals surface area contributed by atoms with Crippen molar-refractivity contribution in [3.63, 3.8) is 0 Å². The van der Waals surface area contributed by atoms with Gasteiger partial charge in [0.15, 0.2) is 0 Å². The van der Waals surface area contributed by atoms with Crippen molar-refractivity contribution < 1.29 is 24.2 Å². The average molecular weight is 565 g/mol. The number of nitrogens with zero attached hydrogens (tertiary/aromatic N) is 2. The summed E-state index contributed by atoms with van der Waals surface area (Å²) >= 11 is 0. The second-order valence-electron chi connectivity index (χ2n) is 11.5. The predicted octanol–water partition coefficient (Wildman–Crippen LogP) is 5.89. The summed E-state index contributed by atoms with van der Waals surface area (Å²) in [5.74, 6) is -0.917. The van der Waals surface area contributed by atoms with Crippen LogP contribution in [0.4, 0.5) is 5.69 Å². The molecule has 2 saturated heterocycles. The SMILES string of the molecule is COCC1=C2[C@@H](CC/C(=C/c3cc(C)c(O)c(C)c3)c3ccccn3)OC[C@@H]2[C@@H]2C(=O)N(c3ccccc3)C(=O)[C@@H]2C1. The number of carbonyl (C=O) groups excluding carboxylic acids is 2. The van der Waals surface area contributed by atoms with Crippen LogP contribution in [0.3, 0.4) is 0 Å². The molecule has 1 aromatic heterocycles. The zero-order valence-electron chi connectivity index (χ0n) is 24.2. The van der Waals surface area contributed by atoms with E-state index in [2.05, 4.69) is 11.1 Å². The number of hydrogen-bond donors (Lipinski definition) is 1. The van der Waals surface area contributed by atoms with Crippen molar-refractivity contribution in [1.82, 2.24) is 4.98 Å². The number of ether oxygens (including phenoxy) is 2. The number of phenols is 1. The lowest BCUT2D eigenvalue weighted by Crippen LogP contribution is -2.35. The van der Waals surface area contributed by atoms with Crippen LogP contribution in [0.1, 0.15) is 41.6 Å². The number of aromatic hydroxyl groups is 1. The van der Waals surface area contributed by atoms with E-state index in [0.717, 1.165) is 39.1 Å². The summed E-state index contributed by atoms with van der Waals surface area (Å²) in [5, 5.41) is 10.3. The number of rotatable bonds is 8. The molecule has 216 valence electrons. The summed E-state index contributed by atoms with van der Waals surface area (Å²) in [6.07, 6.45) is 5.67. The van der Waals surface area contributed by atoms with E-state index in [1.807, 2.05) is 74.5 Å². The summed E-state index contributed by atoms with van der Waals surface area (Å²) < 4.78 is 12.0. The molecule has 2 aromatic carbocycles. The molecule has 42 heavy (non-hydrogen) atoms. The standard InChI is InChI=1S/C35H36N2O5/c1-21-15-23(16-22(2)33(21)38)17-24(29-11-7-8-14-36-29)12-13-30-31-25(19-41-3)18-27-32(28(31)20-42-30)35(40)37(34(27)39)26-9-5-4-6-10-26/h4-11,14-17,27-28,30,32,38H,12-13,18-20H2,1-3H3/b24-17-/t27-,28+,30-,32-/m1/s1. The number of amides is 2. The lowest BCUT2D eigenvalue weighted by atomic mass is 9.69. The number of fused-ring (bicyclic) bond motifs is 3. The first-order valence-electron chi connectivity index (χ1n) is 14.5. The normalized spacial score (nSPS) is 23.9. The maximum absolute atomic E-state index is 13.8. The van der Waals surface area contributed by atoms with Crippen molar-refractivity contribution in [2.24, 2.45) is 17.8 Å². The monoisotopic (exact) mass is 564 g/mol. The minimum absolute atomic E-state index is 0.132. The highest BCUT2D eigenvalue weighted by molar-refractivity contribution is 6.22. The average Bonchev–Trinajstić information content (AvgIpc) is 3.53. The van der Waals surface area contributed by atoms with Crippen molar-refractivity contribution in [3.8, 4) is 5.75 Å². The number of anilines is 1. The van der Waals surface area contributed by atoms with E-state index in [9.17, 15) is 14.7 Å².